The van der Waals surface area contributed by atoms with Gasteiger partial charge in [0.05, 0.1) is 30.0 Å². The Morgan fingerprint density at radius 1 is 1.24 bits per heavy atom. The maximum absolute atomic E-state index is 5.67. The smallest absolute Gasteiger partial charge is 0.152 e. The molecule has 7 nitrogen and oxygen atoms in total. The van der Waals surface area contributed by atoms with E-state index in [1.54, 1.807) is 0 Å². The Labute approximate surface area is 168 Å². The number of nitrogens with zero attached hydrogens (tertiary/aromatic N) is 5. The van der Waals surface area contributed by atoms with E-state index in [-0.39, 0.29) is 6.10 Å². The number of pyridine rings is 1. The van der Waals surface area contributed by atoms with Crippen molar-refractivity contribution in [1.82, 2.24) is 14.8 Å². The average molecular weight is 386 g/mol. The van der Waals surface area contributed by atoms with Gasteiger partial charge in [0.2, 0.25) is 0 Å². The number of fused-ring (bicyclic) bond motifs is 2. The minimum Gasteiger partial charge on any atom is -0.390 e. The van der Waals surface area contributed by atoms with Crippen molar-refractivity contribution in [3.05, 3.63) is 53.5 Å². The van der Waals surface area contributed by atoms with E-state index in [1.165, 1.54) is 18.6 Å². The standard InChI is InChI=1S/C22H22N6O/c1-13-18-9-16(25-22-21-15(11-24-22)3-2-8-23-21)6-7-20(18)28(26-13)12-17-10-19(27-29-17)14-4-5-14/h2-3,6-9,14,17H,4-5,10-12H2,1H3,(H,24,25). The number of rotatable bonds is 4. The maximum Gasteiger partial charge on any atom is 0.152 e. The lowest BCUT2D eigenvalue weighted by Gasteiger charge is -2.10. The highest BCUT2D eigenvalue weighted by Crippen LogP contribution is 2.35. The number of hydrogen-bond donors (Lipinski definition) is 1. The zero-order chi connectivity index (χ0) is 19.4. The number of aryl methyl sites for hydroxylation is 1. The van der Waals surface area contributed by atoms with Gasteiger partial charge in [0.25, 0.3) is 0 Å². The number of aliphatic imine (C=N–C) groups is 1. The molecule has 4 heterocycles. The molecule has 1 aromatic carbocycles. The highest BCUT2D eigenvalue weighted by molar-refractivity contribution is 6.09. The molecule has 7 heteroatoms. The summed E-state index contributed by atoms with van der Waals surface area (Å²) in [5.41, 5.74) is 6.45. The second-order valence-corrected chi connectivity index (χ2v) is 8.09. The lowest BCUT2D eigenvalue weighted by Crippen LogP contribution is -2.18. The van der Waals surface area contributed by atoms with Crippen LogP contribution in [0.4, 0.5) is 5.69 Å². The molecule has 6 rings (SSSR count). The topological polar surface area (TPSA) is 76.7 Å². The van der Waals surface area contributed by atoms with Gasteiger partial charge in [-0.05, 0) is 44.0 Å². The maximum atomic E-state index is 5.67. The molecule has 1 saturated carbocycles. The van der Waals surface area contributed by atoms with Gasteiger partial charge < -0.3 is 10.2 Å². The number of anilines is 1. The van der Waals surface area contributed by atoms with Gasteiger partial charge in [-0.3, -0.25) is 14.7 Å². The van der Waals surface area contributed by atoms with Crippen molar-refractivity contribution in [2.24, 2.45) is 16.1 Å². The van der Waals surface area contributed by atoms with E-state index < -0.39 is 0 Å². The molecule has 1 aliphatic carbocycles. The first-order chi connectivity index (χ1) is 14.2. The number of aromatic nitrogens is 3. The van der Waals surface area contributed by atoms with E-state index in [4.69, 9.17) is 9.94 Å². The summed E-state index contributed by atoms with van der Waals surface area (Å²) in [6.45, 7) is 3.45. The molecule has 0 saturated heterocycles. The van der Waals surface area contributed by atoms with Gasteiger partial charge in [0, 0.05) is 35.2 Å². The van der Waals surface area contributed by atoms with Crippen molar-refractivity contribution < 1.29 is 4.84 Å². The number of nitrogens with one attached hydrogen (secondary N) is 1. The predicted octanol–water partition coefficient (Wildman–Crippen LogP) is 3.67. The SMILES string of the molecule is Cc1nn(CC2CC(C3CC3)=NO2)c2ccc(NC3=NCc4cccnc43)cc12. The molecule has 0 amide bonds. The molecule has 0 spiro atoms. The first kappa shape index (κ1) is 16.7. The van der Waals surface area contributed by atoms with Gasteiger partial charge in [0.1, 0.15) is 5.69 Å². The molecule has 3 aromatic rings. The van der Waals surface area contributed by atoms with Crippen molar-refractivity contribution in [3.63, 3.8) is 0 Å². The third-order valence-electron chi connectivity index (χ3n) is 5.90. The van der Waals surface area contributed by atoms with Crippen LogP contribution in [0.5, 0.6) is 0 Å². The van der Waals surface area contributed by atoms with Gasteiger partial charge in [0.15, 0.2) is 11.9 Å². The lowest BCUT2D eigenvalue weighted by atomic mass is 10.1. The monoisotopic (exact) mass is 386 g/mol. The summed E-state index contributed by atoms with van der Waals surface area (Å²) in [4.78, 5) is 14.7. The van der Waals surface area contributed by atoms with Crippen molar-refractivity contribution >= 4 is 28.1 Å². The highest BCUT2D eigenvalue weighted by atomic mass is 16.6. The summed E-state index contributed by atoms with van der Waals surface area (Å²) in [7, 11) is 0. The van der Waals surface area contributed by atoms with Crippen LogP contribution in [0.15, 0.2) is 46.7 Å². The second-order valence-electron chi connectivity index (χ2n) is 8.09. The van der Waals surface area contributed by atoms with Crippen LogP contribution in [-0.4, -0.2) is 32.4 Å². The third-order valence-corrected chi connectivity index (χ3v) is 5.90. The van der Waals surface area contributed by atoms with E-state index in [2.05, 4.69) is 49.4 Å². The van der Waals surface area contributed by atoms with E-state index in [0.717, 1.165) is 52.3 Å². The molecule has 1 fully saturated rings. The summed E-state index contributed by atoms with van der Waals surface area (Å²) in [6, 6.07) is 10.4. The van der Waals surface area contributed by atoms with Crippen LogP contribution in [0.25, 0.3) is 10.9 Å². The molecular formula is C22H22N6O. The quantitative estimate of drug-likeness (QED) is 0.742. The zero-order valence-corrected chi connectivity index (χ0v) is 16.3. The Kier molecular flexibility index (Phi) is 3.69. The van der Waals surface area contributed by atoms with E-state index in [0.29, 0.717) is 12.5 Å². The number of benzene rings is 1. The van der Waals surface area contributed by atoms with E-state index in [9.17, 15) is 0 Å². The summed E-state index contributed by atoms with van der Waals surface area (Å²) in [6.07, 6.45) is 5.35. The van der Waals surface area contributed by atoms with Crippen molar-refractivity contribution in [2.75, 3.05) is 5.32 Å². The van der Waals surface area contributed by atoms with Crippen LogP contribution in [0, 0.1) is 12.8 Å². The van der Waals surface area contributed by atoms with Gasteiger partial charge in [-0.2, -0.15) is 5.10 Å². The Hall–Kier alpha value is -3.22. The molecule has 2 aromatic heterocycles. The minimum atomic E-state index is 0.0846. The van der Waals surface area contributed by atoms with E-state index in [1.807, 2.05) is 19.2 Å². The van der Waals surface area contributed by atoms with Crippen molar-refractivity contribution in [3.8, 4) is 0 Å². The van der Waals surface area contributed by atoms with Gasteiger partial charge in [-0.25, -0.2) is 0 Å². The summed E-state index contributed by atoms with van der Waals surface area (Å²) >= 11 is 0. The molecule has 146 valence electrons. The van der Waals surface area contributed by atoms with Gasteiger partial charge in [-0.15, -0.1) is 0 Å². The van der Waals surface area contributed by atoms with Gasteiger partial charge >= 0.3 is 0 Å². The van der Waals surface area contributed by atoms with Crippen LogP contribution >= 0.6 is 0 Å². The van der Waals surface area contributed by atoms with Crippen LogP contribution in [0.3, 0.4) is 0 Å². The molecule has 29 heavy (non-hydrogen) atoms. The molecule has 2 aliphatic heterocycles. The Bertz CT molecular complexity index is 1170. The average Bonchev–Trinajstić information content (AvgIpc) is 3.23. The van der Waals surface area contributed by atoms with Crippen LogP contribution in [0.1, 0.15) is 36.2 Å². The number of oxime groups is 1. The van der Waals surface area contributed by atoms with Crippen molar-refractivity contribution in [1.29, 1.82) is 0 Å². The summed E-state index contributed by atoms with van der Waals surface area (Å²) in [5, 5.41) is 13.6. The van der Waals surface area contributed by atoms with Crippen LogP contribution in [-0.2, 0) is 17.9 Å². The first-order valence-corrected chi connectivity index (χ1v) is 10.2. The number of amidine groups is 1. The molecule has 0 radical (unpaired) electrons. The van der Waals surface area contributed by atoms with Crippen LogP contribution < -0.4 is 5.32 Å². The van der Waals surface area contributed by atoms with Crippen molar-refractivity contribution in [2.45, 2.75) is 45.4 Å². The third kappa shape index (κ3) is 2.97. The first-order valence-electron chi connectivity index (χ1n) is 10.2. The fourth-order valence-corrected chi connectivity index (χ4v) is 4.21. The molecule has 1 N–H and O–H groups in total. The Balaban J connectivity index is 1.23. The normalized spacial score (nSPS) is 20.4. The zero-order valence-electron chi connectivity index (χ0n) is 16.3. The fraction of sp³-hybridized carbons (Fsp3) is 0.364. The number of hydrogen-bond acceptors (Lipinski definition) is 6. The summed E-state index contributed by atoms with van der Waals surface area (Å²) < 4.78 is 2.05. The van der Waals surface area contributed by atoms with Gasteiger partial charge in [-0.1, -0.05) is 11.2 Å². The Morgan fingerprint density at radius 3 is 3.07 bits per heavy atom. The summed E-state index contributed by atoms with van der Waals surface area (Å²) in [5.74, 6) is 1.50. The molecule has 1 unspecified atom stereocenters. The predicted molar refractivity (Wildman–Crippen MR) is 112 cm³/mol. The Morgan fingerprint density at radius 2 is 2.17 bits per heavy atom. The fourth-order valence-electron chi connectivity index (χ4n) is 4.21. The van der Waals surface area contributed by atoms with E-state index >= 15 is 0 Å². The molecule has 1 atom stereocenters. The van der Waals surface area contributed by atoms with Crippen LogP contribution in [0.2, 0.25) is 0 Å². The molecule has 3 aliphatic rings. The minimum absolute atomic E-state index is 0.0846. The highest BCUT2D eigenvalue weighted by Gasteiger charge is 2.34. The molecule has 0 bridgehead atoms. The lowest BCUT2D eigenvalue weighted by molar-refractivity contribution is 0.0707. The largest absolute Gasteiger partial charge is 0.390 e. The molecular weight excluding hydrogens is 364 g/mol. The second kappa shape index (κ2) is 6.40.